The smallest absolute Gasteiger partial charge is 0.226 e. The van der Waals surface area contributed by atoms with Gasteiger partial charge in [-0.3, -0.25) is 0 Å². The predicted molar refractivity (Wildman–Crippen MR) is 137 cm³/mol. The number of anilines is 3. The first-order chi connectivity index (χ1) is 17.8. The molecule has 6 rings (SSSR count). The molecule has 1 fully saturated rings. The number of hydrogen-bond donors (Lipinski definition) is 2. The number of pyridine rings is 1. The molecular formula is C25H25FN10O. The molecule has 1 saturated heterocycles. The average molecular weight is 501 g/mol. The van der Waals surface area contributed by atoms with Crippen LogP contribution in [0.1, 0.15) is 19.4 Å². The lowest BCUT2D eigenvalue weighted by atomic mass is 10.0. The second-order valence-electron chi connectivity index (χ2n) is 9.61. The molecule has 5 heterocycles. The molecule has 1 aliphatic rings. The first-order valence-corrected chi connectivity index (χ1v) is 11.9. The zero-order valence-electron chi connectivity index (χ0n) is 20.6. The van der Waals surface area contributed by atoms with Crippen LogP contribution in [0.4, 0.5) is 21.8 Å². The highest BCUT2D eigenvalue weighted by Crippen LogP contribution is 2.32. The normalized spacial score (nSPS) is 15.3. The number of rotatable bonds is 5. The summed E-state index contributed by atoms with van der Waals surface area (Å²) >= 11 is 0. The molecule has 37 heavy (non-hydrogen) atoms. The molecule has 11 nitrogen and oxygen atoms in total. The van der Waals surface area contributed by atoms with Gasteiger partial charge in [-0.25, -0.2) is 33.8 Å². The number of aromatic nitrogens is 7. The first-order valence-electron chi connectivity index (χ1n) is 11.9. The molecule has 0 aliphatic carbocycles. The molecule has 4 aromatic heterocycles. The Kier molecular flexibility index (Phi) is 5.52. The van der Waals surface area contributed by atoms with Crippen LogP contribution < -0.4 is 20.3 Å². The standard InChI is InChI=1S/C25H25FN10O/c1-15-8-18(17(26)10-20(15)37-16-4-6-36-21(9-16)29-14-32-36)33-23-22-19(28-13-30-23)11-27-24(34-22)35-7-5-31-25(2,3)12-35/h4,6,8-11,13-14,31H,5,7,12H2,1-3H3,(H,28,30,33). The Morgan fingerprint density at radius 2 is 2.00 bits per heavy atom. The van der Waals surface area contributed by atoms with Crippen LogP contribution in [0.25, 0.3) is 16.7 Å². The van der Waals surface area contributed by atoms with E-state index in [1.54, 1.807) is 35.1 Å². The van der Waals surface area contributed by atoms with Crippen LogP contribution in [0.3, 0.4) is 0 Å². The Morgan fingerprint density at radius 1 is 1.11 bits per heavy atom. The lowest BCUT2D eigenvalue weighted by Crippen LogP contribution is -2.57. The van der Waals surface area contributed by atoms with E-state index in [9.17, 15) is 0 Å². The molecule has 0 bridgehead atoms. The van der Waals surface area contributed by atoms with Crippen molar-refractivity contribution in [3.63, 3.8) is 0 Å². The monoisotopic (exact) mass is 500 g/mol. The summed E-state index contributed by atoms with van der Waals surface area (Å²) in [5, 5.41) is 10.6. The van der Waals surface area contributed by atoms with Gasteiger partial charge in [0.2, 0.25) is 5.95 Å². The predicted octanol–water partition coefficient (Wildman–Crippen LogP) is 3.63. The van der Waals surface area contributed by atoms with Crippen molar-refractivity contribution in [2.24, 2.45) is 0 Å². The number of hydrogen-bond acceptors (Lipinski definition) is 10. The fourth-order valence-electron chi connectivity index (χ4n) is 4.38. The Labute approximate surface area is 211 Å². The Morgan fingerprint density at radius 3 is 2.86 bits per heavy atom. The summed E-state index contributed by atoms with van der Waals surface area (Å²) in [7, 11) is 0. The SMILES string of the molecule is Cc1cc(Nc2ncnc3cnc(N4CCNC(C)(C)C4)nc23)c(F)cc1Oc1ccn2ncnc2c1. The highest BCUT2D eigenvalue weighted by Gasteiger charge is 2.27. The molecule has 0 atom stereocenters. The molecule has 1 aromatic carbocycles. The van der Waals surface area contributed by atoms with Gasteiger partial charge < -0.3 is 20.3 Å². The molecule has 0 unspecified atom stereocenters. The Balaban J connectivity index is 1.29. The van der Waals surface area contributed by atoms with Gasteiger partial charge in [0.25, 0.3) is 0 Å². The minimum Gasteiger partial charge on any atom is -0.457 e. The van der Waals surface area contributed by atoms with Crippen LogP contribution in [0.5, 0.6) is 11.5 Å². The molecular weight excluding hydrogens is 475 g/mol. The number of nitrogens with one attached hydrogen (secondary N) is 2. The van der Waals surface area contributed by atoms with Crippen molar-refractivity contribution >= 4 is 34.1 Å². The summed E-state index contributed by atoms with van der Waals surface area (Å²) in [6.07, 6.45) is 6.27. The summed E-state index contributed by atoms with van der Waals surface area (Å²) in [6, 6.07) is 6.50. The van der Waals surface area contributed by atoms with Crippen LogP contribution in [0, 0.1) is 12.7 Å². The molecule has 0 saturated carbocycles. The van der Waals surface area contributed by atoms with Crippen LogP contribution in [-0.2, 0) is 0 Å². The van der Waals surface area contributed by atoms with Gasteiger partial charge in [0.1, 0.15) is 41.0 Å². The highest BCUT2D eigenvalue weighted by atomic mass is 19.1. The van der Waals surface area contributed by atoms with Crippen LogP contribution >= 0.6 is 0 Å². The van der Waals surface area contributed by atoms with Crippen molar-refractivity contribution in [2.75, 3.05) is 29.9 Å². The molecule has 0 amide bonds. The fourth-order valence-corrected chi connectivity index (χ4v) is 4.38. The topological polar surface area (TPSA) is 118 Å². The Bertz CT molecular complexity index is 1620. The number of halogens is 1. The van der Waals surface area contributed by atoms with Crippen LogP contribution in [-0.4, -0.2) is 59.7 Å². The maximum absolute atomic E-state index is 15.2. The maximum atomic E-state index is 15.2. The van der Waals surface area contributed by atoms with E-state index in [0.717, 1.165) is 25.2 Å². The van der Waals surface area contributed by atoms with Gasteiger partial charge in [-0.2, -0.15) is 5.10 Å². The van der Waals surface area contributed by atoms with E-state index in [0.29, 0.717) is 39.9 Å². The van der Waals surface area contributed by atoms with E-state index >= 15 is 4.39 Å². The molecule has 5 aromatic rings. The molecule has 12 heteroatoms. The number of benzene rings is 1. The second kappa shape index (κ2) is 8.89. The Hall–Kier alpha value is -4.45. The van der Waals surface area contributed by atoms with Gasteiger partial charge in [0.05, 0.1) is 11.9 Å². The lowest BCUT2D eigenvalue weighted by molar-refractivity contribution is 0.350. The fraction of sp³-hybridized carbons (Fsp3) is 0.280. The van der Waals surface area contributed by atoms with E-state index < -0.39 is 5.82 Å². The third-order valence-electron chi connectivity index (χ3n) is 6.22. The van der Waals surface area contributed by atoms with E-state index in [2.05, 4.69) is 54.4 Å². The number of nitrogens with zero attached hydrogens (tertiary/aromatic N) is 8. The average Bonchev–Trinajstić information content (AvgIpc) is 3.34. The van der Waals surface area contributed by atoms with Gasteiger partial charge in [-0.05, 0) is 38.5 Å². The van der Waals surface area contributed by atoms with Crippen molar-refractivity contribution in [3.8, 4) is 11.5 Å². The molecule has 188 valence electrons. The van der Waals surface area contributed by atoms with Gasteiger partial charge in [-0.15, -0.1) is 0 Å². The minimum atomic E-state index is -0.492. The van der Waals surface area contributed by atoms with Gasteiger partial charge in [0, 0.05) is 43.5 Å². The second-order valence-corrected chi connectivity index (χ2v) is 9.61. The van der Waals surface area contributed by atoms with E-state index in [-0.39, 0.29) is 11.2 Å². The van der Waals surface area contributed by atoms with E-state index in [4.69, 9.17) is 9.72 Å². The van der Waals surface area contributed by atoms with Crippen molar-refractivity contribution in [1.29, 1.82) is 0 Å². The van der Waals surface area contributed by atoms with Crippen molar-refractivity contribution in [2.45, 2.75) is 26.3 Å². The summed E-state index contributed by atoms with van der Waals surface area (Å²) < 4.78 is 22.8. The summed E-state index contributed by atoms with van der Waals surface area (Å²) in [6.45, 7) is 8.50. The summed E-state index contributed by atoms with van der Waals surface area (Å²) in [4.78, 5) is 24.2. The first kappa shape index (κ1) is 23.0. The van der Waals surface area contributed by atoms with Gasteiger partial charge >= 0.3 is 0 Å². The van der Waals surface area contributed by atoms with Crippen molar-refractivity contribution in [1.82, 2.24) is 39.9 Å². The quantitative estimate of drug-likeness (QED) is 0.370. The van der Waals surface area contributed by atoms with Gasteiger partial charge in [-0.1, -0.05) is 0 Å². The summed E-state index contributed by atoms with van der Waals surface area (Å²) in [5.74, 6) is 1.42. The van der Waals surface area contributed by atoms with Crippen molar-refractivity contribution in [3.05, 3.63) is 60.7 Å². The van der Waals surface area contributed by atoms with Gasteiger partial charge in [0.15, 0.2) is 11.5 Å². The number of ether oxygens (including phenoxy) is 1. The zero-order valence-corrected chi connectivity index (χ0v) is 20.6. The summed E-state index contributed by atoms with van der Waals surface area (Å²) in [5.41, 5.74) is 2.65. The minimum absolute atomic E-state index is 0.0590. The largest absolute Gasteiger partial charge is 0.457 e. The lowest BCUT2D eigenvalue weighted by Gasteiger charge is -2.39. The van der Waals surface area contributed by atoms with E-state index in [1.165, 1.54) is 18.7 Å². The third kappa shape index (κ3) is 4.58. The van der Waals surface area contributed by atoms with Crippen LogP contribution in [0.15, 0.2) is 49.3 Å². The number of aryl methyl sites for hydroxylation is 1. The number of piperazine rings is 1. The highest BCUT2D eigenvalue weighted by molar-refractivity contribution is 5.87. The number of fused-ring (bicyclic) bond motifs is 2. The van der Waals surface area contributed by atoms with Crippen molar-refractivity contribution < 1.29 is 9.13 Å². The third-order valence-corrected chi connectivity index (χ3v) is 6.22. The zero-order chi connectivity index (χ0) is 25.6. The molecule has 0 radical (unpaired) electrons. The molecule has 1 aliphatic heterocycles. The maximum Gasteiger partial charge on any atom is 0.226 e. The van der Waals surface area contributed by atoms with E-state index in [1.807, 2.05) is 6.92 Å². The molecule has 2 N–H and O–H groups in total. The van der Waals surface area contributed by atoms with Crippen LogP contribution in [0.2, 0.25) is 0 Å². The molecule has 0 spiro atoms.